The Morgan fingerprint density at radius 1 is 1.60 bits per heavy atom. The van der Waals surface area contributed by atoms with Gasteiger partial charge in [0.1, 0.15) is 5.76 Å². The number of hydrogen-bond donors (Lipinski definition) is 0. The first kappa shape index (κ1) is 5.96. The topological polar surface area (TPSA) is 26.0 Å². The number of nitrogens with zero attached hydrogens (tertiary/aromatic N) is 1. The van der Waals surface area contributed by atoms with E-state index in [0.29, 0.717) is 5.92 Å². The van der Waals surface area contributed by atoms with Crippen LogP contribution in [0.15, 0.2) is 10.6 Å². The van der Waals surface area contributed by atoms with E-state index in [4.69, 9.17) is 4.42 Å². The fourth-order valence-corrected chi connectivity index (χ4v) is 1.22. The lowest BCUT2D eigenvalue weighted by Crippen LogP contribution is -2.08. The predicted octanol–water partition coefficient (Wildman–Crippen LogP) is 2.25. The summed E-state index contributed by atoms with van der Waals surface area (Å²) in [6.07, 6.45) is 5.67. The minimum absolute atomic E-state index is 0.633. The van der Waals surface area contributed by atoms with Crippen molar-refractivity contribution in [3.8, 4) is 0 Å². The van der Waals surface area contributed by atoms with Crippen LogP contribution in [0.5, 0.6) is 0 Å². The zero-order valence-electron chi connectivity index (χ0n) is 6.13. The van der Waals surface area contributed by atoms with E-state index in [-0.39, 0.29) is 0 Å². The average molecular weight is 137 g/mol. The van der Waals surface area contributed by atoms with Crippen molar-refractivity contribution in [1.82, 2.24) is 4.98 Å². The van der Waals surface area contributed by atoms with Crippen molar-refractivity contribution >= 4 is 0 Å². The zero-order chi connectivity index (χ0) is 6.97. The number of aryl methyl sites for hydroxylation is 1. The van der Waals surface area contributed by atoms with E-state index in [1.807, 2.05) is 6.92 Å². The highest BCUT2D eigenvalue weighted by Crippen LogP contribution is 2.35. The maximum absolute atomic E-state index is 5.38. The first-order valence-electron chi connectivity index (χ1n) is 3.78. The number of hydrogen-bond acceptors (Lipinski definition) is 2. The van der Waals surface area contributed by atoms with Gasteiger partial charge in [0.25, 0.3) is 0 Å². The van der Waals surface area contributed by atoms with Gasteiger partial charge in [-0.05, 0) is 19.8 Å². The van der Waals surface area contributed by atoms with E-state index < -0.39 is 0 Å². The fraction of sp³-hybridized carbons (Fsp3) is 0.625. The van der Waals surface area contributed by atoms with Gasteiger partial charge in [-0.2, -0.15) is 0 Å². The minimum Gasteiger partial charge on any atom is -0.446 e. The van der Waals surface area contributed by atoms with Crippen LogP contribution in [-0.2, 0) is 0 Å². The summed E-state index contributed by atoms with van der Waals surface area (Å²) in [5.41, 5.74) is 0. The molecule has 1 saturated carbocycles. The SMILES string of the molecule is Cc1cnc(C2CCC2)o1. The van der Waals surface area contributed by atoms with Crippen LogP contribution in [0, 0.1) is 6.92 Å². The third kappa shape index (κ3) is 0.838. The second-order valence-corrected chi connectivity index (χ2v) is 2.94. The van der Waals surface area contributed by atoms with Gasteiger partial charge in [-0.25, -0.2) is 4.98 Å². The van der Waals surface area contributed by atoms with Crippen LogP contribution in [0.3, 0.4) is 0 Å². The van der Waals surface area contributed by atoms with E-state index in [2.05, 4.69) is 4.98 Å². The van der Waals surface area contributed by atoms with Gasteiger partial charge in [0.15, 0.2) is 5.89 Å². The van der Waals surface area contributed by atoms with Gasteiger partial charge in [0.2, 0.25) is 0 Å². The Labute approximate surface area is 60.3 Å². The van der Waals surface area contributed by atoms with Gasteiger partial charge in [0.05, 0.1) is 6.20 Å². The molecule has 1 fully saturated rings. The summed E-state index contributed by atoms with van der Waals surface area (Å²) < 4.78 is 5.38. The van der Waals surface area contributed by atoms with Crippen molar-refractivity contribution in [3.63, 3.8) is 0 Å². The molecule has 0 bridgehead atoms. The summed E-state index contributed by atoms with van der Waals surface area (Å²) in [5, 5.41) is 0. The Balaban J connectivity index is 2.17. The number of oxazole rings is 1. The standard InChI is InChI=1S/C8H11NO/c1-6-5-9-8(10-6)7-3-2-4-7/h5,7H,2-4H2,1H3. The lowest BCUT2D eigenvalue weighted by atomic mass is 9.85. The quantitative estimate of drug-likeness (QED) is 0.593. The number of rotatable bonds is 1. The van der Waals surface area contributed by atoms with Crippen LogP contribution in [-0.4, -0.2) is 4.98 Å². The van der Waals surface area contributed by atoms with E-state index in [9.17, 15) is 0 Å². The molecule has 2 nitrogen and oxygen atoms in total. The van der Waals surface area contributed by atoms with Crippen molar-refractivity contribution < 1.29 is 4.42 Å². The summed E-state index contributed by atoms with van der Waals surface area (Å²) in [4.78, 5) is 4.17. The average Bonchev–Trinajstić information content (AvgIpc) is 2.10. The summed E-state index contributed by atoms with van der Waals surface area (Å²) in [7, 11) is 0. The molecule has 0 radical (unpaired) electrons. The van der Waals surface area contributed by atoms with Crippen molar-refractivity contribution in [2.45, 2.75) is 32.1 Å². The molecule has 1 aliphatic carbocycles. The van der Waals surface area contributed by atoms with Crippen LogP contribution in [0.4, 0.5) is 0 Å². The Kier molecular flexibility index (Phi) is 1.26. The molecule has 10 heavy (non-hydrogen) atoms. The van der Waals surface area contributed by atoms with Crippen LogP contribution >= 0.6 is 0 Å². The van der Waals surface area contributed by atoms with E-state index in [1.54, 1.807) is 6.20 Å². The highest BCUT2D eigenvalue weighted by molar-refractivity contribution is 5.00. The first-order valence-corrected chi connectivity index (χ1v) is 3.78. The molecule has 1 aromatic rings. The molecule has 0 saturated heterocycles. The second kappa shape index (κ2) is 2.11. The Morgan fingerprint density at radius 3 is 2.80 bits per heavy atom. The van der Waals surface area contributed by atoms with Gasteiger partial charge in [-0.3, -0.25) is 0 Å². The first-order chi connectivity index (χ1) is 4.86. The van der Waals surface area contributed by atoms with Crippen molar-refractivity contribution in [1.29, 1.82) is 0 Å². The van der Waals surface area contributed by atoms with Gasteiger partial charge < -0.3 is 4.42 Å². The Hall–Kier alpha value is -0.790. The van der Waals surface area contributed by atoms with E-state index >= 15 is 0 Å². The van der Waals surface area contributed by atoms with Gasteiger partial charge in [-0.15, -0.1) is 0 Å². The molecule has 0 unspecified atom stereocenters. The van der Waals surface area contributed by atoms with Gasteiger partial charge in [-0.1, -0.05) is 6.42 Å². The van der Waals surface area contributed by atoms with Crippen LogP contribution in [0.1, 0.15) is 36.8 Å². The van der Waals surface area contributed by atoms with E-state index in [0.717, 1.165) is 11.7 Å². The molecule has 2 heteroatoms. The summed E-state index contributed by atoms with van der Waals surface area (Å²) >= 11 is 0. The molecule has 54 valence electrons. The monoisotopic (exact) mass is 137 g/mol. The zero-order valence-corrected chi connectivity index (χ0v) is 6.13. The van der Waals surface area contributed by atoms with Crippen LogP contribution in [0.2, 0.25) is 0 Å². The molecule has 1 aromatic heterocycles. The molecule has 0 aromatic carbocycles. The van der Waals surface area contributed by atoms with Gasteiger partial charge >= 0.3 is 0 Å². The lowest BCUT2D eigenvalue weighted by molar-refractivity contribution is 0.329. The molecule has 0 atom stereocenters. The van der Waals surface area contributed by atoms with Crippen molar-refractivity contribution in [2.24, 2.45) is 0 Å². The normalized spacial score (nSPS) is 18.9. The van der Waals surface area contributed by atoms with Crippen molar-refractivity contribution in [2.75, 3.05) is 0 Å². The maximum Gasteiger partial charge on any atom is 0.197 e. The fourth-order valence-electron chi connectivity index (χ4n) is 1.22. The molecule has 0 N–H and O–H groups in total. The molecule has 0 aliphatic heterocycles. The molecule has 0 amide bonds. The van der Waals surface area contributed by atoms with Crippen LogP contribution < -0.4 is 0 Å². The second-order valence-electron chi connectivity index (χ2n) is 2.94. The summed E-state index contributed by atoms with van der Waals surface area (Å²) in [6.45, 7) is 1.94. The third-order valence-corrected chi connectivity index (χ3v) is 2.09. The number of aromatic nitrogens is 1. The summed E-state index contributed by atoms with van der Waals surface area (Å²) in [6, 6.07) is 0. The van der Waals surface area contributed by atoms with Crippen LogP contribution in [0.25, 0.3) is 0 Å². The minimum atomic E-state index is 0.633. The molecule has 2 rings (SSSR count). The summed E-state index contributed by atoms with van der Waals surface area (Å²) in [5.74, 6) is 2.51. The Morgan fingerprint density at radius 2 is 2.40 bits per heavy atom. The smallest absolute Gasteiger partial charge is 0.197 e. The maximum atomic E-state index is 5.38. The molecule has 1 aliphatic rings. The van der Waals surface area contributed by atoms with E-state index in [1.165, 1.54) is 19.3 Å². The molecular formula is C8H11NO. The van der Waals surface area contributed by atoms with Crippen molar-refractivity contribution in [3.05, 3.63) is 17.8 Å². The lowest BCUT2D eigenvalue weighted by Gasteiger charge is -2.21. The molecule has 0 spiro atoms. The highest BCUT2D eigenvalue weighted by atomic mass is 16.4. The highest BCUT2D eigenvalue weighted by Gasteiger charge is 2.23. The largest absolute Gasteiger partial charge is 0.446 e. The third-order valence-electron chi connectivity index (χ3n) is 2.09. The molecule has 1 heterocycles. The Bertz CT molecular complexity index is 225. The van der Waals surface area contributed by atoms with Gasteiger partial charge in [0, 0.05) is 5.92 Å². The predicted molar refractivity (Wildman–Crippen MR) is 37.8 cm³/mol. The molecular weight excluding hydrogens is 126 g/mol.